The van der Waals surface area contributed by atoms with E-state index in [1.54, 1.807) is 7.11 Å². The van der Waals surface area contributed by atoms with Gasteiger partial charge in [0, 0.05) is 5.56 Å². The summed E-state index contributed by atoms with van der Waals surface area (Å²) in [6.07, 6.45) is 0. The summed E-state index contributed by atoms with van der Waals surface area (Å²) in [6.45, 7) is 5.27. The predicted molar refractivity (Wildman–Crippen MR) is 57.0 cm³/mol. The van der Waals surface area contributed by atoms with Gasteiger partial charge in [0.2, 0.25) is 0 Å². The van der Waals surface area contributed by atoms with Gasteiger partial charge in [0.05, 0.1) is 20.3 Å². The van der Waals surface area contributed by atoms with Crippen molar-refractivity contribution in [3.8, 4) is 5.75 Å². The number of aryl methyl sites for hydroxylation is 1. The Kier molecular flexibility index (Phi) is 2.67. The third-order valence-corrected chi connectivity index (χ3v) is 2.76. The molecule has 3 heteroatoms. The van der Waals surface area contributed by atoms with Gasteiger partial charge in [-0.1, -0.05) is 0 Å². The van der Waals surface area contributed by atoms with Gasteiger partial charge in [0.15, 0.2) is 5.79 Å². The molecule has 0 saturated carbocycles. The van der Waals surface area contributed by atoms with Crippen molar-refractivity contribution in [3.05, 3.63) is 29.3 Å². The van der Waals surface area contributed by atoms with E-state index < -0.39 is 5.79 Å². The summed E-state index contributed by atoms with van der Waals surface area (Å²) in [5.41, 5.74) is 2.13. The second-order valence-corrected chi connectivity index (χ2v) is 3.83. The van der Waals surface area contributed by atoms with Gasteiger partial charge in [0.25, 0.3) is 0 Å². The Bertz CT molecular complexity index is 354. The third-order valence-electron chi connectivity index (χ3n) is 2.76. The Balaban J connectivity index is 2.33. The van der Waals surface area contributed by atoms with Crippen molar-refractivity contribution in [2.75, 3.05) is 20.3 Å². The molecule has 1 aliphatic rings. The van der Waals surface area contributed by atoms with Gasteiger partial charge in [-0.05, 0) is 37.6 Å². The minimum absolute atomic E-state index is 0.586. The average molecular weight is 208 g/mol. The highest BCUT2D eigenvalue weighted by Gasteiger charge is 2.33. The second-order valence-electron chi connectivity index (χ2n) is 3.83. The van der Waals surface area contributed by atoms with Crippen LogP contribution in [0.5, 0.6) is 5.75 Å². The summed E-state index contributed by atoms with van der Waals surface area (Å²) in [7, 11) is 1.67. The summed E-state index contributed by atoms with van der Waals surface area (Å²) < 4.78 is 16.4. The maximum Gasteiger partial charge on any atom is 0.192 e. The van der Waals surface area contributed by atoms with E-state index in [1.165, 1.54) is 0 Å². The molecule has 0 atom stereocenters. The zero-order chi connectivity index (χ0) is 10.9. The molecule has 1 aromatic carbocycles. The van der Waals surface area contributed by atoms with E-state index in [0.717, 1.165) is 16.9 Å². The monoisotopic (exact) mass is 208 g/mol. The smallest absolute Gasteiger partial charge is 0.192 e. The highest BCUT2D eigenvalue weighted by atomic mass is 16.7. The first-order valence-corrected chi connectivity index (χ1v) is 5.09. The van der Waals surface area contributed by atoms with Gasteiger partial charge in [-0.2, -0.15) is 0 Å². The van der Waals surface area contributed by atoms with Crippen LogP contribution in [0.25, 0.3) is 0 Å². The van der Waals surface area contributed by atoms with Crippen LogP contribution in [-0.2, 0) is 15.3 Å². The molecule has 2 rings (SSSR count). The van der Waals surface area contributed by atoms with Gasteiger partial charge in [-0.25, -0.2) is 0 Å². The second kappa shape index (κ2) is 3.83. The maximum atomic E-state index is 5.59. The molecule has 0 N–H and O–H groups in total. The minimum atomic E-state index is -0.586. The van der Waals surface area contributed by atoms with Gasteiger partial charge >= 0.3 is 0 Å². The van der Waals surface area contributed by atoms with E-state index in [2.05, 4.69) is 0 Å². The van der Waals surface area contributed by atoms with Crippen LogP contribution in [-0.4, -0.2) is 20.3 Å². The van der Waals surface area contributed by atoms with Crippen molar-refractivity contribution in [2.45, 2.75) is 19.6 Å². The standard InChI is InChI=1S/C12H16O3/c1-9-8-10(4-5-11(9)13-3)12(2)14-6-7-15-12/h4-5,8H,6-7H2,1-3H3. The van der Waals surface area contributed by atoms with Crippen molar-refractivity contribution in [1.29, 1.82) is 0 Å². The first kappa shape index (κ1) is 10.5. The zero-order valence-corrected chi connectivity index (χ0v) is 9.37. The first-order valence-electron chi connectivity index (χ1n) is 5.09. The molecule has 1 saturated heterocycles. The SMILES string of the molecule is COc1ccc(C2(C)OCCO2)cc1C. The number of ether oxygens (including phenoxy) is 3. The average Bonchev–Trinajstić information content (AvgIpc) is 2.66. The highest BCUT2D eigenvalue weighted by molar-refractivity contribution is 5.37. The highest BCUT2D eigenvalue weighted by Crippen LogP contribution is 2.33. The lowest BCUT2D eigenvalue weighted by Gasteiger charge is -2.23. The van der Waals surface area contributed by atoms with Crippen molar-refractivity contribution in [2.24, 2.45) is 0 Å². The van der Waals surface area contributed by atoms with Crippen LogP contribution < -0.4 is 4.74 Å². The van der Waals surface area contributed by atoms with Crippen molar-refractivity contribution >= 4 is 0 Å². The fourth-order valence-electron chi connectivity index (χ4n) is 1.84. The summed E-state index contributed by atoms with van der Waals surface area (Å²) in [6, 6.07) is 5.97. The molecule has 1 aliphatic heterocycles. The molecular weight excluding hydrogens is 192 g/mol. The molecule has 0 aromatic heterocycles. The molecule has 0 unspecified atom stereocenters. The molecule has 1 aromatic rings. The lowest BCUT2D eigenvalue weighted by atomic mass is 10.0. The molecule has 0 radical (unpaired) electrons. The molecule has 0 amide bonds. The van der Waals surface area contributed by atoms with E-state index in [1.807, 2.05) is 32.0 Å². The van der Waals surface area contributed by atoms with Crippen LogP contribution in [0.3, 0.4) is 0 Å². The summed E-state index contributed by atoms with van der Waals surface area (Å²) in [5.74, 6) is 0.303. The molecule has 1 heterocycles. The Morgan fingerprint density at radius 1 is 1.27 bits per heavy atom. The number of hydrogen-bond donors (Lipinski definition) is 0. The largest absolute Gasteiger partial charge is 0.496 e. The van der Waals surface area contributed by atoms with Crippen molar-refractivity contribution in [1.82, 2.24) is 0 Å². The third kappa shape index (κ3) is 1.85. The first-order chi connectivity index (χ1) is 7.15. The van der Waals surface area contributed by atoms with Crippen LogP contribution in [0.15, 0.2) is 18.2 Å². The molecular formula is C12H16O3. The van der Waals surface area contributed by atoms with Crippen molar-refractivity contribution in [3.63, 3.8) is 0 Å². The number of hydrogen-bond acceptors (Lipinski definition) is 3. The fourth-order valence-corrected chi connectivity index (χ4v) is 1.84. The summed E-state index contributed by atoms with van der Waals surface area (Å²) in [5, 5.41) is 0. The summed E-state index contributed by atoms with van der Waals surface area (Å²) >= 11 is 0. The minimum Gasteiger partial charge on any atom is -0.496 e. The lowest BCUT2D eigenvalue weighted by Crippen LogP contribution is -2.22. The van der Waals surface area contributed by atoms with Gasteiger partial charge in [-0.3, -0.25) is 0 Å². The van der Waals surface area contributed by atoms with Gasteiger partial charge < -0.3 is 14.2 Å². The van der Waals surface area contributed by atoms with E-state index >= 15 is 0 Å². The lowest BCUT2D eigenvalue weighted by molar-refractivity contribution is -0.149. The van der Waals surface area contributed by atoms with Crippen molar-refractivity contribution < 1.29 is 14.2 Å². The maximum absolute atomic E-state index is 5.59. The van der Waals surface area contributed by atoms with Crippen LogP contribution in [0, 0.1) is 6.92 Å². The van der Waals surface area contributed by atoms with E-state index in [0.29, 0.717) is 13.2 Å². The van der Waals surface area contributed by atoms with Crippen LogP contribution in [0.4, 0.5) is 0 Å². The number of rotatable bonds is 2. The van der Waals surface area contributed by atoms with E-state index in [-0.39, 0.29) is 0 Å². The Morgan fingerprint density at radius 2 is 1.93 bits per heavy atom. The van der Waals surface area contributed by atoms with E-state index in [4.69, 9.17) is 14.2 Å². The summed E-state index contributed by atoms with van der Waals surface area (Å²) in [4.78, 5) is 0. The normalized spacial score (nSPS) is 19.1. The molecule has 0 spiro atoms. The fraction of sp³-hybridized carbons (Fsp3) is 0.500. The molecule has 82 valence electrons. The van der Waals surface area contributed by atoms with Gasteiger partial charge in [0.1, 0.15) is 5.75 Å². The molecule has 15 heavy (non-hydrogen) atoms. The van der Waals surface area contributed by atoms with Crippen LogP contribution in [0.1, 0.15) is 18.1 Å². The topological polar surface area (TPSA) is 27.7 Å². The molecule has 0 aliphatic carbocycles. The Hall–Kier alpha value is -1.06. The molecule has 0 bridgehead atoms. The molecule has 3 nitrogen and oxygen atoms in total. The Labute approximate surface area is 90.0 Å². The predicted octanol–water partition coefficient (Wildman–Crippen LogP) is 2.22. The van der Waals surface area contributed by atoms with Gasteiger partial charge in [-0.15, -0.1) is 0 Å². The van der Waals surface area contributed by atoms with Crippen LogP contribution >= 0.6 is 0 Å². The Morgan fingerprint density at radius 3 is 2.47 bits per heavy atom. The van der Waals surface area contributed by atoms with Crippen LogP contribution in [0.2, 0.25) is 0 Å². The van der Waals surface area contributed by atoms with E-state index in [9.17, 15) is 0 Å². The quantitative estimate of drug-likeness (QED) is 0.746. The number of methoxy groups -OCH3 is 1. The zero-order valence-electron chi connectivity index (χ0n) is 9.37. The number of benzene rings is 1. The molecule has 1 fully saturated rings.